The number of hydrogen-bond acceptors (Lipinski definition) is 4. The summed E-state index contributed by atoms with van der Waals surface area (Å²) in [6.07, 6.45) is 4.00. The van der Waals surface area contributed by atoms with E-state index in [4.69, 9.17) is 4.74 Å². The molecule has 0 aliphatic heterocycles. The van der Waals surface area contributed by atoms with Crippen molar-refractivity contribution < 1.29 is 14.3 Å². The van der Waals surface area contributed by atoms with Crippen molar-refractivity contribution in [1.29, 1.82) is 0 Å². The molecule has 30 heavy (non-hydrogen) atoms. The van der Waals surface area contributed by atoms with E-state index in [0.29, 0.717) is 13.0 Å². The van der Waals surface area contributed by atoms with Gasteiger partial charge in [0.05, 0.1) is 11.0 Å². The zero-order valence-corrected chi connectivity index (χ0v) is 17.3. The van der Waals surface area contributed by atoms with Gasteiger partial charge < -0.3 is 14.6 Å². The Kier molecular flexibility index (Phi) is 5.84. The summed E-state index contributed by atoms with van der Waals surface area (Å²) in [4.78, 5) is 29.2. The van der Waals surface area contributed by atoms with Crippen molar-refractivity contribution in [3.63, 3.8) is 0 Å². The molecule has 0 atom stereocenters. The largest absolute Gasteiger partial charge is 0.454 e. The Labute approximate surface area is 176 Å². The van der Waals surface area contributed by atoms with Gasteiger partial charge in [-0.05, 0) is 30.5 Å². The van der Waals surface area contributed by atoms with Crippen molar-refractivity contribution in [2.75, 3.05) is 13.2 Å². The molecule has 3 aromatic rings. The fourth-order valence-electron chi connectivity index (χ4n) is 4.17. The molecular formula is C24H27N3O3. The van der Waals surface area contributed by atoms with E-state index in [9.17, 15) is 9.59 Å². The molecule has 0 saturated heterocycles. The Morgan fingerprint density at radius 3 is 2.53 bits per heavy atom. The number of hydrogen-bond donors (Lipinski definition) is 1. The second-order valence-corrected chi connectivity index (χ2v) is 7.89. The number of aromatic nitrogens is 2. The molecule has 0 unspecified atom stereocenters. The van der Waals surface area contributed by atoms with Crippen molar-refractivity contribution in [1.82, 2.24) is 14.9 Å². The summed E-state index contributed by atoms with van der Waals surface area (Å²) in [6, 6.07) is 18.0. The van der Waals surface area contributed by atoms with Crippen LogP contribution < -0.4 is 5.32 Å². The molecule has 1 aromatic heterocycles. The molecule has 0 radical (unpaired) electrons. The minimum atomic E-state index is -0.440. The number of imidazole rings is 1. The van der Waals surface area contributed by atoms with Crippen LogP contribution in [0, 0.1) is 0 Å². The topological polar surface area (TPSA) is 73.2 Å². The molecule has 4 rings (SSSR count). The first kappa shape index (κ1) is 20.1. The van der Waals surface area contributed by atoms with E-state index in [2.05, 4.69) is 22.4 Å². The van der Waals surface area contributed by atoms with Gasteiger partial charge in [0.2, 0.25) is 0 Å². The normalized spacial score (nSPS) is 14.8. The van der Waals surface area contributed by atoms with Crippen LogP contribution in [0.4, 0.5) is 0 Å². The standard InChI is InChI=1S/C24H27N3O3/c1-2-21-26-19-11-6-7-12-20(19)27(21)15-23(29)30-16-22(28)25-17-24(13-8-14-24)18-9-4-3-5-10-18/h3-7,9-12H,2,8,13-17H2,1H3,(H,25,28). The third-order valence-electron chi connectivity index (χ3n) is 6.02. The van der Waals surface area contributed by atoms with Crippen LogP contribution in [0.5, 0.6) is 0 Å². The van der Waals surface area contributed by atoms with Gasteiger partial charge in [0.1, 0.15) is 12.4 Å². The molecule has 0 bridgehead atoms. The van der Waals surface area contributed by atoms with E-state index in [1.165, 1.54) is 12.0 Å². The maximum atomic E-state index is 12.4. The molecule has 1 aliphatic carbocycles. The SMILES string of the molecule is CCc1nc2ccccc2n1CC(=O)OCC(=O)NCC1(c2ccccc2)CCC1. The Bertz CT molecular complexity index is 1040. The second kappa shape index (κ2) is 8.69. The number of ether oxygens (including phenoxy) is 1. The minimum absolute atomic E-state index is 0.00663. The highest BCUT2D eigenvalue weighted by Gasteiger charge is 2.38. The third-order valence-corrected chi connectivity index (χ3v) is 6.02. The predicted molar refractivity (Wildman–Crippen MR) is 115 cm³/mol. The van der Waals surface area contributed by atoms with Crippen molar-refractivity contribution in [3.8, 4) is 0 Å². The van der Waals surface area contributed by atoms with Crippen LogP contribution in [-0.2, 0) is 32.7 Å². The molecule has 1 saturated carbocycles. The highest BCUT2D eigenvalue weighted by molar-refractivity contribution is 5.82. The van der Waals surface area contributed by atoms with Crippen LogP contribution in [0.2, 0.25) is 0 Å². The lowest BCUT2D eigenvalue weighted by Gasteiger charge is -2.42. The number of nitrogens with zero attached hydrogens (tertiary/aromatic N) is 2. The highest BCUT2D eigenvalue weighted by atomic mass is 16.5. The Morgan fingerprint density at radius 1 is 1.10 bits per heavy atom. The van der Waals surface area contributed by atoms with Gasteiger partial charge in [-0.2, -0.15) is 0 Å². The third kappa shape index (κ3) is 4.08. The number of carbonyl (C=O) groups excluding carboxylic acids is 2. The average molecular weight is 405 g/mol. The fraction of sp³-hybridized carbons (Fsp3) is 0.375. The first-order valence-electron chi connectivity index (χ1n) is 10.5. The molecule has 2 aromatic carbocycles. The van der Waals surface area contributed by atoms with E-state index >= 15 is 0 Å². The highest BCUT2D eigenvalue weighted by Crippen LogP contribution is 2.43. The predicted octanol–water partition coefficient (Wildman–Crippen LogP) is 3.38. The molecule has 0 spiro atoms. The van der Waals surface area contributed by atoms with Gasteiger partial charge >= 0.3 is 5.97 Å². The summed E-state index contributed by atoms with van der Waals surface area (Å²) in [6.45, 7) is 2.35. The molecule has 1 N–H and O–H groups in total. The zero-order valence-electron chi connectivity index (χ0n) is 17.3. The average Bonchev–Trinajstić information content (AvgIpc) is 3.10. The summed E-state index contributed by atoms with van der Waals surface area (Å²) in [5.74, 6) is 0.119. The van der Waals surface area contributed by atoms with Crippen LogP contribution in [-0.4, -0.2) is 34.6 Å². The molecule has 156 valence electrons. The lowest BCUT2D eigenvalue weighted by Crippen LogP contribution is -2.46. The Morgan fingerprint density at radius 2 is 1.83 bits per heavy atom. The number of fused-ring (bicyclic) bond motifs is 1. The van der Waals surface area contributed by atoms with Crippen LogP contribution >= 0.6 is 0 Å². The van der Waals surface area contributed by atoms with Gasteiger partial charge in [0, 0.05) is 18.4 Å². The van der Waals surface area contributed by atoms with Gasteiger partial charge in [0.25, 0.3) is 5.91 Å². The number of amides is 1. The molecule has 1 heterocycles. The van der Waals surface area contributed by atoms with E-state index < -0.39 is 5.97 Å². The Hall–Kier alpha value is -3.15. The van der Waals surface area contributed by atoms with Gasteiger partial charge in [-0.15, -0.1) is 0 Å². The monoisotopic (exact) mass is 405 g/mol. The van der Waals surface area contributed by atoms with Gasteiger partial charge in [-0.25, -0.2) is 4.98 Å². The second-order valence-electron chi connectivity index (χ2n) is 7.89. The number of aryl methyl sites for hydroxylation is 1. The number of carbonyl (C=O) groups is 2. The fourth-order valence-corrected chi connectivity index (χ4v) is 4.17. The molecule has 1 fully saturated rings. The van der Waals surface area contributed by atoms with Crippen molar-refractivity contribution in [2.45, 2.75) is 44.6 Å². The summed E-state index contributed by atoms with van der Waals surface area (Å²) in [5, 5.41) is 2.96. The number of esters is 1. The number of para-hydroxylation sites is 2. The lowest BCUT2D eigenvalue weighted by atomic mass is 9.64. The summed E-state index contributed by atoms with van der Waals surface area (Å²) in [7, 11) is 0. The van der Waals surface area contributed by atoms with Gasteiger partial charge in [0.15, 0.2) is 6.61 Å². The van der Waals surface area contributed by atoms with Gasteiger partial charge in [-0.1, -0.05) is 55.8 Å². The first-order valence-corrected chi connectivity index (χ1v) is 10.5. The quantitative estimate of drug-likeness (QED) is 0.583. The summed E-state index contributed by atoms with van der Waals surface area (Å²) < 4.78 is 7.10. The molecular weight excluding hydrogens is 378 g/mol. The summed E-state index contributed by atoms with van der Waals surface area (Å²) in [5.41, 5.74) is 3.01. The van der Waals surface area contributed by atoms with Gasteiger partial charge in [-0.3, -0.25) is 9.59 Å². The molecule has 1 amide bonds. The smallest absolute Gasteiger partial charge is 0.326 e. The maximum absolute atomic E-state index is 12.4. The maximum Gasteiger partial charge on any atom is 0.326 e. The van der Waals surface area contributed by atoms with E-state index in [0.717, 1.165) is 29.7 Å². The Balaban J connectivity index is 1.31. The number of nitrogens with one attached hydrogen (secondary N) is 1. The van der Waals surface area contributed by atoms with Crippen molar-refractivity contribution >= 4 is 22.9 Å². The van der Waals surface area contributed by atoms with Crippen LogP contribution in [0.3, 0.4) is 0 Å². The summed E-state index contributed by atoms with van der Waals surface area (Å²) >= 11 is 0. The number of benzene rings is 2. The van der Waals surface area contributed by atoms with Crippen molar-refractivity contribution in [2.24, 2.45) is 0 Å². The lowest BCUT2D eigenvalue weighted by molar-refractivity contribution is -0.149. The van der Waals surface area contributed by atoms with Crippen LogP contribution in [0.25, 0.3) is 11.0 Å². The zero-order chi connectivity index (χ0) is 21.0. The van der Waals surface area contributed by atoms with Crippen molar-refractivity contribution in [3.05, 3.63) is 66.0 Å². The molecule has 1 aliphatic rings. The molecule has 6 nitrogen and oxygen atoms in total. The molecule has 6 heteroatoms. The van der Waals surface area contributed by atoms with E-state index in [1.807, 2.05) is 54.0 Å². The van der Waals surface area contributed by atoms with E-state index in [-0.39, 0.29) is 24.5 Å². The first-order chi connectivity index (χ1) is 14.6. The van der Waals surface area contributed by atoms with E-state index in [1.54, 1.807) is 0 Å². The number of rotatable bonds is 8. The minimum Gasteiger partial charge on any atom is -0.454 e. The van der Waals surface area contributed by atoms with Crippen LogP contribution in [0.1, 0.15) is 37.6 Å². The van der Waals surface area contributed by atoms with Crippen LogP contribution in [0.15, 0.2) is 54.6 Å².